The zero-order chi connectivity index (χ0) is 13.1. The minimum absolute atomic E-state index is 0.326. The first-order chi connectivity index (χ1) is 8.56. The van der Waals surface area contributed by atoms with Crippen molar-refractivity contribution in [2.75, 3.05) is 6.54 Å². The predicted octanol–water partition coefficient (Wildman–Crippen LogP) is 0.462. The molecule has 2 rings (SSSR count). The molecule has 3 N–H and O–H groups in total. The average molecular weight is 250 g/mol. The Hall–Kier alpha value is -1.59. The van der Waals surface area contributed by atoms with Crippen LogP contribution in [0.15, 0.2) is 4.99 Å². The Kier molecular flexibility index (Phi) is 3.84. The summed E-state index contributed by atoms with van der Waals surface area (Å²) >= 11 is 0. The van der Waals surface area contributed by atoms with E-state index in [-0.39, 0.29) is 0 Å². The summed E-state index contributed by atoms with van der Waals surface area (Å²) < 4.78 is 2.19. The van der Waals surface area contributed by atoms with Crippen LogP contribution in [-0.4, -0.2) is 33.3 Å². The Bertz CT molecular complexity index is 434. The van der Waals surface area contributed by atoms with Gasteiger partial charge in [-0.25, -0.2) is 0 Å². The van der Waals surface area contributed by atoms with E-state index in [1.165, 1.54) is 0 Å². The molecule has 18 heavy (non-hydrogen) atoms. The second-order valence-electron chi connectivity index (χ2n) is 5.20. The van der Waals surface area contributed by atoms with E-state index in [1.54, 1.807) is 0 Å². The summed E-state index contributed by atoms with van der Waals surface area (Å²) in [5.41, 5.74) is 5.80. The number of nitrogens with one attached hydrogen (secondary N) is 1. The second-order valence-corrected chi connectivity index (χ2v) is 5.20. The quantitative estimate of drug-likeness (QED) is 0.603. The number of nitrogens with zero attached hydrogens (tertiary/aromatic N) is 4. The fourth-order valence-corrected chi connectivity index (χ4v) is 2.25. The van der Waals surface area contributed by atoms with Gasteiger partial charge in [-0.1, -0.05) is 0 Å². The number of rotatable bonds is 3. The molecule has 0 saturated carbocycles. The Morgan fingerprint density at radius 2 is 2.33 bits per heavy atom. The number of hydrogen-bond acceptors (Lipinski definition) is 3. The number of nitrogens with two attached hydrogens (primary N) is 1. The van der Waals surface area contributed by atoms with E-state index < -0.39 is 0 Å². The lowest BCUT2D eigenvalue weighted by Gasteiger charge is -2.22. The van der Waals surface area contributed by atoms with Crippen LogP contribution in [0.25, 0.3) is 0 Å². The van der Waals surface area contributed by atoms with Crippen molar-refractivity contribution >= 4 is 5.96 Å². The van der Waals surface area contributed by atoms with E-state index in [1.807, 2.05) is 6.92 Å². The van der Waals surface area contributed by atoms with Crippen LogP contribution in [0.1, 0.15) is 31.9 Å². The Morgan fingerprint density at radius 3 is 3.06 bits per heavy atom. The third-order valence-corrected chi connectivity index (χ3v) is 3.19. The van der Waals surface area contributed by atoms with Gasteiger partial charge in [0.25, 0.3) is 0 Å². The van der Waals surface area contributed by atoms with Gasteiger partial charge >= 0.3 is 0 Å². The minimum Gasteiger partial charge on any atom is -0.370 e. The van der Waals surface area contributed by atoms with Crippen molar-refractivity contribution in [2.24, 2.45) is 16.6 Å². The number of fused-ring (bicyclic) bond motifs is 1. The molecular weight excluding hydrogens is 228 g/mol. The molecule has 0 spiro atoms. The van der Waals surface area contributed by atoms with E-state index in [2.05, 4.69) is 38.9 Å². The molecule has 0 aromatic carbocycles. The molecule has 1 aliphatic heterocycles. The van der Waals surface area contributed by atoms with Crippen molar-refractivity contribution in [2.45, 2.75) is 46.2 Å². The molecule has 0 bridgehead atoms. The molecule has 0 amide bonds. The summed E-state index contributed by atoms with van der Waals surface area (Å²) in [6.45, 7) is 7.82. The molecule has 0 radical (unpaired) electrons. The maximum Gasteiger partial charge on any atom is 0.188 e. The number of aliphatic imine (C=N–C) groups is 1. The summed E-state index contributed by atoms with van der Waals surface area (Å²) in [7, 11) is 0. The molecule has 1 atom stereocenters. The smallest absolute Gasteiger partial charge is 0.188 e. The van der Waals surface area contributed by atoms with Gasteiger partial charge in [-0.3, -0.25) is 4.99 Å². The first-order valence-corrected chi connectivity index (χ1v) is 6.51. The van der Waals surface area contributed by atoms with Crippen LogP contribution >= 0.6 is 0 Å². The molecule has 6 heteroatoms. The van der Waals surface area contributed by atoms with Crippen molar-refractivity contribution in [3.05, 3.63) is 11.6 Å². The molecule has 0 saturated heterocycles. The highest BCUT2D eigenvalue weighted by molar-refractivity contribution is 5.78. The lowest BCUT2D eigenvalue weighted by Crippen LogP contribution is -2.37. The van der Waals surface area contributed by atoms with Crippen LogP contribution in [0.5, 0.6) is 0 Å². The van der Waals surface area contributed by atoms with Crippen LogP contribution in [0.2, 0.25) is 0 Å². The van der Waals surface area contributed by atoms with Crippen molar-refractivity contribution < 1.29 is 0 Å². The fraction of sp³-hybridized carbons (Fsp3) is 0.750. The van der Waals surface area contributed by atoms with Gasteiger partial charge in [0, 0.05) is 25.6 Å². The van der Waals surface area contributed by atoms with E-state index in [0.29, 0.717) is 17.9 Å². The maximum absolute atomic E-state index is 5.80. The second kappa shape index (κ2) is 5.37. The molecule has 6 nitrogen and oxygen atoms in total. The van der Waals surface area contributed by atoms with Gasteiger partial charge in [0.1, 0.15) is 11.6 Å². The van der Waals surface area contributed by atoms with E-state index in [0.717, 1.165) is 37.6 Å². The van der Waals surface area contributed by atoms with Crippen LogP contribution in [0.4, 0.5) is 0 Å². The first-order valence-electron chi connectivity index (χ1n) is 6.51. The molecule has 0 aliphatic carbocycles. The topological polar surface area (TPSA) is 81.1 Å². The van der Waals surface area contributed by atoms with Crippen LogP contribution in [0.3, 0.4) is 0 Å². The Morgan fingerprint density at radius 1 is 1.56 bits per heavy atom. The summed E-state index contributed by atoms with van der Waals surface area (Å²) in [6.07, 6.45) is 2.09. The Balaban J connectivity index is 1.92. The van der Waals surface area contributed by atoms with Gasteiger partial charge < -0.3 is 15.6 Å². The Labute approximate surface area is 108 Å². The van der Waals surface area contributed by atoms with Gasteiger partial charge in [0.2, 0.25) is 0 Å². The molecule has 1 unspecified atom stereocenters. The van der Waals surface area contributed by atoms with E-state index >= 15 is 0 Å². The van der Waals surface area contributed by atoms with Crippen molar-refractivity contribution in [3.8, 4) is 0 Å². The molecule has 1 aromatic heterocycles. The summed E-state index contributed by atoms with van der Waals surface area (Å²) in [5, 5.41) is 11.4. The molecule has 1 aliphatic rings. The van der Waals surface area contributed by atoms with Gasteiger partial charge in [0.15, 0.2) is 5.96 Å². The lowest BCUT2D eigenvalue weighted by atomic mass is 9.99. The van der Waals surface area contributed by atoms with Gasteiger partial charge in [-0.05, 0) is 33.1 Å². The normalized spacial score (nSPS) is 20.0. The lowest BCUT2D eigenvalue weighted by molar-refractivity contribution is 0.369. The SMILES string of the molecule is Cc1nnc2n1CC(CN=C(N)NC(C)C)CC2. The number of hydrogen-bond donors (Lipinski definition) is 2. The average Bonchev–Trinajstić information content (AvgIpc) is 2.68. The van der Waals surface area contributed by atoms with Crippen LogP contribution in [-0.2, 0) is 13.0 Å². The highest BCUT2D eigenvalue weighted by atomic mass is 15.3. The minimum atomic E-state index is 0.326. The van der Waals surface area contributed by atoms with Gasteiger partial charge in [-0.15, -0.1) is 10.2 Å². The highest BCUT2D eigenvalue weighted by Gasteiger charge is 2.21. The fourth-order valence-electron chi connectivity index (χ4n) is 2.25. The van der Waals surface area contributed by atoms with Crippen molar-refractivity contribution in [1.82, 2.24) is 20.1 Å². The zero-order valence-corrected chi connectivity index (χ0v) is 11.3. The third kappa shape index (κ3) is 3.00. The highest BCUT2D eigenvalue weighted by Crippen LogP contribution is 2.19. The summed E-state index contributed by atoms with van der Waals surface area (Å²) in [4.78, 5) is 4.40. The summed E-state index contributed by atoms with van der Waals surface area (Å²) in [5.74, 6) is 3.16. The largest absolute Gasteiger partial charge is 0.370 e. The molecule has 0 fully saturated rings. The van der Waals surface area contributed by atoms with E-state index in [9.17, 15) is 0 Å². The molecular formula is C12H22N6. The van der Waals surface area contributed by atoms with Crippen molar-refractivity contribution in [1.29, 1.82) is 0 Å². The van der Waals surface area contributed by atoms with E-state index in [4.69, 9.17) is 5.73 Å². The number of guanidine groups is 1. The maximum atomic E-state index is 5.80. The van der Waals surface area contributed by atoms with Gasteiger partial charge in [-0.2, -0.15) is 0 Å². The first kappa shape index (κ1) is 12.9. The number of aryl methyl sites for hydroxylation is 2. The number of aromatic nitrogens is 3. The monoisotopic (exact) mass is 250 g/mol. The predicted molar refractivity (Wildman–Crippen MR) is 71.3 cm³/mol. The third-order valence-electron chi connectivity index (χ3n) is 3.19. The van der Waals surface area contributed by atoms with Crippen LogP contribution in [0, 0.1) is 12.8 Å². The molecule has 2 heterocycles. The summed E-state index contributed by atoms with van der Waals surface area (Å²) in [6, 6.07) is 0.326. The van der Waals surface area contributed by atoms with Crippen molar-refractivity contribution in [3.63, 3.8) is 0 Å². The molecule has 100 valence electrons. The van der Waals surface area contributed by atoms with Crippen LogP contribution < -0.4 is 11.1 Å². The van der Waals surface area contributed by atoms with Gasteiger partial charge in [0.05, 0.1) is 0 Å². The molecule has 1 aromatic rings. The standard InChI is InChI=1S/C12H22N6/c1-8(2)15-12(13)14-6-10-4-5-11-17-16-9(3)18(11)7-10/h8,10H,4-7H2,1-3H3,(H3,13,14,15). The zero-order valence-electron chi connectivity index (χ0n) is 11.3.